The highest BCUT2D eigenvalue weighted by atomic mass is 35.5. The molecule has 4 rings (SSSR count). The molecule has 24 heavy (non-hydrogen) atoms. The molecule has 0 saturated heterocycles. The van der Waals surface area contributed by atoms with Crippen molar-refractivity contribution in [3.8, 4) is 11.3 Å². The van der Waals surface area contributed by atoms with Gasteiger partial charge in [0, 0.05) is 27.7 Å². The Bertz CT molecular complexity index is 966. The Hall–Kier alpha value is -1.93. The summed E-state index contributed by atoms with van der Waals surface area (Å²) >= 11 is 6.69. The van der Waals surface area contributed by atoms with E-state index in [2.05, 4.69) is 57.0 Å². The number of halogens is 1. The summed E-state index contributed by atoms with van der Waals surface area (Å²) in [5.74, 6) is 1.70. The van der Waals surface area contributed by atoms with Crippen LogP contribution in [0.1, 0.15) is 49.8 Å². The van der Waals surface area contributed by atoms with E-state index in [0.29, 0.717) is 0 Å². The zero-order valence-electron chi connectivity index (χ0n) is 14.6. The Morgan fingerprint density at radius 3 is 2.71 bits per heavy atom. The van der Waals surface area contributed by atoms with E-state index in [0.717, 1.165) is 51.7 Å². The largest absolute Gasteiger partial charge is 0.455 e. The van der Waals surface area contributed by atoms with Crippen LogP contribution < -0.4 is 0 Å². The second-order valence-corrected chi connectivity index (χ2v) is 8.04. The molecule has 0 aliphatic heterocycles. The van der Waals surface area contributed by atoms with Crippen molar-refractivity contribution < 1.29 is 4.42 Å². The number of aromatic nitrogens is 1. The van der Waals surface area contributed by atoms with Gasteiger partial charge in [-0.1, -0.05) is 44.5 Å². The van der Waals surface area contributed by atoms with Gasteiger partial charge in [-0.15, -0.1) is 0 Å². The molecule has 1 aliphatic carbocycles. The maximum absolute atomic E-state index is 6.69. The van der Waals surface area contributed by atoms with Crippen molar-refractivity contribution in [1.82, 2.24) is 4.98 Å². The van der Waals surface area contributed by atoms with Gasteiger partial charge in [0.15, 0.2) is 5.76 Å². The molecule has 0 saturated carbocycles. The molecule has 3 heteroatoms. The molecule has 2 aromatic heterocycles. The quantitative estimate of drug-likeness (QED) is 0.528. The topological polar surface area (TPSA) is 28.9 Å². The third kappa shape index (κ3) is 2.32. The number of allylic oxidation sites excluding steroid dienone is 1. The summed E-state index contributed by atoms with van der Waals surface area (Å²) in [5.41, 5.74) is 5.84. The van der Waals surface area contributed by atoms with E-state index in [4.69, 9.17) is 16.0 Å². The molecule has 3 aromatic rings. The van der Waals surface area contributed by atoms with E-state index >= 15 is 0 Å². The van der Waals surface area contributed by atoms with Crippen molar-refractivity contribution >= 4 is 28.6 Å². The van der Waals surface area contributed by atoms with Gasteiger partial charge in [-0.2, -0.15) is 0 Å². The number of H-pyrrole nitrogens is 1. The number of fused-ring (bicyclic) bond motifs is 2. The molecule has 0 fully saturated rings. The first kappa shape index (κ1) is 15.6. The number of hydrogen-bond acceptors (Lipinski definition) is 1. The average molecular weight is 340 g/mol. The van der Waals surface area contributed by atoms with Gasteiger partial charge in [-0.25, -0.2) is 0 Å². The Balaban J connectivity index is 1.98. The van der Waals surface area contributed by atoms with Crippen LogP contribution in [-0.4, -0.2) is 4.98 Å². The number of rotatable bonds is 1. The Kier molecular flexibility index (Phi) is 3.43. The van der Waals surface area contributed by atoms with Crippen LogP contribution in [0, 0.1) is 6.92 Å². The molecular weight excluding hydrogens is 318 g/mol. The van der Waals surface area contributed by atoms with E-state index in [1.165, 1.54) is 10.9 Å². The van der Waals surface area contributed by atoms with Gasteiger partial charge in [0.25, 0.3) is 0 Å². The number of aryl methyl sites for hydroxylation is 1. The van der Waals surface area contributed by atoms with Gasteiger partial charge in [0.2, 0.25) is 0 Å². The zero-order chi connectivity index (χ0) is 17.1. The minimum absolute atomic E-state index is 0.103. The fraction of sp³-hybridized carbons (Fsp3) is 0.333. The molecule has 1 aliphatic rings. The molecule has 0 radical (unpaired) electrons. The highest BCUT2D eigenvalue weighted by Gasteiger charge is 2.24. The Labute approximate surface area is 147 Å². The van der Waals surface area contributed by atoms with E-state index in [9.17, 15) is 0 Å². The minimum atomic E-state index is 0.103. The van der Waals surface area contributed by atoms with Crippen LogP contribution in [0.3, 0.4) is 0 Å². The van der Waals surface area contributed by atoms with Crippen LogP contribution in [0.25, 0.3) is 28.3 Å². The molecule has 0 atom stereocenters. The number of nitrogens with one attached hydrogen (secondary N) is 1. The van der Waals surface area contributed by atoms with Crippen molar-refractivity contribution in [2.75, 3.05) is 0 Å². The summed E-state index contributed by atoms with van der Waals surface area (Å²) in [4.78, 5) is 3.48. The maximum atomic E-state index is 6.69. The molecule has 0 spiro atoms. The number of furan rings is 1. The predicted molar refractivity (Wildman–Crippen MR) is 102 cm³/mol. The lowest BCUT2D eigenvalue weighted by Crippen LogP contribution is -2.10. The summed E-state index contributed by atoms with van der Waals surface area (Å²) in [6.45, 7) is 8.78. The molecule has 1 aromatic carbocycles. The average Bonchev–Trinajstić information content (AvgIpc) is 3.02. The Morgan fingerprint density at radius 2 is 2.00 bits per heavy atom. The first-order valence-electron chi connectivity index (χ1n) is 8.47. The molecule has 2 nitrogen and oxygen atoms in total. The number of hydrogen-bond donors (Lipinski definition) is 1. The van der Waals surface area contributed by atoms with E-state index in [1.807, 2.05) is 6.08 Å². The minimum Gasteiger partial charge on any atom is -0.455 e. The lowest BCUT2D eigenvalue weighted by molar-refractivity contribution is 0.565. The molecule has 0 unspecified atom stereocenters. The zero-order valence-corrected chi connectivity index (χ0v) is 15.3. The van der Waals surface area contributed by atoms with Crippen LogP contribution in [0.15, 0.2) is 28.7 Å². The van der Waals surface area contributed by atoms with Gasteiger partial charge in [-0.3, -0.25) is 0 Å². The number of aromatic amines is 1. The van der Waals surface area contributed by atoms with E-state index in [-0.39, 0.29) is 5.41 Å². The lowest BCUT2D eigenvalue weighted by Gasteiger charge is -2.19. The predicted octanol–water partition coefficient (Wildman–Crippen LogP) is 6.65. The van der Waals surface area contributed by atoms with Gasteiger partial charge < -0.3 is 9.40 Å². The highest BCUT2D eigenvalue weighted by Crippen LogP contribution is 2.43. The smallest absolute Gasteiger partial charge is 0.156 e. The molecule has 2 heterocycles. The van der Waals surface area contributed by atoms with Crippen molar-refractivity contribution in [2.24, 2.45) is 0 Å². The second kappa shape index (κ2) is 5.29. The monoisotopic (exact) mass is 339 g/mol. The fourth-order valence-electron chi connectivity index (χ4n) is 3.49. The highest BCUT2D eigenvalue weighted by molar-refractivity contribution is 6.34. The van der Waals surface area contributed by atoms with Crippen LogP contribution in [0.4, 0.5) is 0 Å². The molecule has 124 valence electrons. The molecule has 0 amide bonds. The molecule has 1 N–H and O–H groups in total. The summed E-state index contributed by atoms with van der Waals surface area (Å²) in [5, 5.41) is 1.94. The first-order chi connectivity index (χ1) is 11.4. The van der Waals surface area contributed by atoms with Gasteiger partial charge >= 0.3 is 0 Å². The summed E-state index contributed by atoms with van der Waals surface area (Å²) in [6.07, 6.45) is 6.15. The summed E-state index contributed by atoms with van der Waals surface area (Å²) in [6, 6.07) is 6.62. The summed E-state index contributed by atoms with van der Waals surface area (Å²) in [7, 11) is 0. The maximum Gasteiger partial charge on any atom is 0.156 e. The second-order valence-electron chi connectivity index (χ2n) is 7.66. The van der Waals surface area contributed by atoms with Crippen molar-refractivity contribution in [3.05, 3.63) is 51.9 Å². The molecule has 0 bridgehead atoms. The van der Waals surface area contributed by atoms with Crippen molar-refractivity contribution in [3.63, 3.8) is 0 Å². The Morgan fingerprint density at radius 1 is 1.21 bits per heavy atom. The third-order valence-corrected chi connectivity index (χ3v) is 5.28. The van der Waals surface area contributed by atoms with Crippen molar-refractivity contribution in [1.29, 1.82) is 0 Å². The van der Waals surface area contributed by atoms with Gasteiger partial charge in [0.1, 0.15) is 5.76 Å². The fourth-order valence-corrected chi connectivity index (χ4v) is 3.81. The van der Waals surface area contributed by atoms with Gasteiger partial charge in [-0.05, 0) is 49.0 Å². The van der Waals surface area contributed by atoms with Crippen molar-refractivity contribution in [2.45, 2.75) is 46.0 Å². The SMILES string of the molecule is Cc1[nH]c2ccc(C(C)(C)C)cc2c1-c1oc2c(c1Cl)CCC=C2. The van der Waals surface area contributed by atoms with Crippen LogP contribution in [0.2, 0.25) is 5.02 Å². The molecular formula is C21H22ClNO. The van der Waals surface area contributed by atoms with Gasteiger partial charge in [0.05, 0.1) is 5.02 Å². The summed E-state index contributed by atoms with van der Waals surface area (Å²) < 4.78 is 6.16. The van der Waals surface area contributed by atoms with Crippen LogP contribution in [-0.2, 0) is 11.8 Å². The van der Waals surface area contributed by atoms with E-state index in [1.54, 1.807) is 0 Å². The standard InChI is InChI=1S/C21H22ClNO/c1-12-18(20-19(22)14-7-5-6-8-17(14)24-20)15-11-13(21(2,3)4)9-10-16(15)23-12/h6,8-11,23H,5,7H2,1-4H3. The van der Waals surface area contributed by atoms with Crippen LogP contribution in [0.5, 0.6) is 0 Å². The lowest BCUT2D eigenvalue weighted by atomic mass is 9.86. The van der Waals surface area contributed by atoms with E-state index < -0.39 is 0 Å². The number of benzene rings is 1. The third-order valence-electron chi connectivity index (χ3n) is 4.88. The first-order valence-corrected chi connectivity index (χ1v) is 8.85. The van der Waals surface area contributed by atoms with Crippen LogP contribution >= 0.6 is 11.6 Å². The normalized spacial score (nSPS) is 14.4.